The number of carboxylic acids is 1. The number of alkyl halides is 1. The summed E-state index contributed by atoms with van der Waals surface area (Å²) in [5.74, 6) is -1.19. The van der Waals surface area contributed by atoms with E-state index in [0.717, 1.165) is 52.2 Å². The minimum atomic E-state index is -4.15. The number of hydrogen-bond donors (Lipinski definition) is 0. The van der Waals surface area contributed by atoms with Gasteiger partial charge in [0, 0.05) is 11.1 Å². The molecular formula is C22H22FN4NaO5S2. The average molecular weight is 529 g/mol. The summed E-state index contributed by atoms with van der Waals surface area (Å²) in [4.78, 5) is 22.7. The van der Waals surface area contributed by atoms with Crippen LogP contribution in [-0.4, -0.2) is 42.1 Å². The Labute approximate surface area is 228 Å². The van der Waals surface area contributed by atoms with E-state index < -0.39 is 28.7 Å². The molecule has 180 valence electrons. The van der Waals surface area contributed by atoms with Gasteiger partial charge in [0.25, 0.3) is 10.0 Å². The first-order chi connectivity index (χ1) is 16.1. The summed E-state index contributed by atoms with van der Waals surface area (Å²) < 4.78 is 48.0. The second-order valence-electron chi connectivity index (χ2n) is 7.98. The molecule has 35 heavy (non-hydrogen) atoms. The zero-order valence-corrected chi connectivity index (χ0v) is 23.2. The molecule has 9 nitrogen and oxygen atoms in total. The van der Waals surface area contributed by atoms with E-state index in [1.54, 1.807) is 24.4 Å². The Kier molecular flexibility index (Phi) is 8.86. The maximum atomic E-state index is 14.2. The Hall–Kier alpha value is -2.12. The zero-order chi connectivity index (χ0) is 24.5. The predicted molar refractivity (Wildman–Crippen MR) is 121 cm³/mol. The van der Waals surface area contributed by atoms with Crippen molar-refractivity contribution in [3.8, 4) is 5.75 Å². The van der Waals surface area contributed by atoms with Crippen LogP contribution >= 0.6 is 11.3 Å². The normalized spacial score (nSPS) is 13.6. The molecule has 4 rings (SSSR count). The van der Waals surface area contributed by atoms with Gasteiger partial charge in [-0.1, -0.05) is 0 Å². The number of benzene rings is 1. The minimum absolute atomic E-state index is 0. The van der Waals surface area contributed by atoms with Crippen molar-refractivity contribution in [2.24, 2.45) is 0 Å². The molecule has 0 amide bonds. The SMILES string of the molecule is Cc1csc(S(=O)(=O)N(CC(C)F)c2cc3c(cc2OCc2cnc(C(=O)[O-])cn2)CCC3)n1.[Na+]. The van der Waals surface area contributed by atoms with Crippen LogP contribution in [0.2, 0.25) is 0 Å². The Bertz CT molecular complexity index is 1320. The summed E-state index contributed by atoms with van der Waals surface area (Å²) in [5.41, 5.74) is 2.82. The van der Waals surface area contributed by atoms with E-state index in [1.807, 2.05) is 0 Å². The number of sulfonamides is 1. The molecule has 0 aliphatic heterocycles. The molecule has 0 saturated carbocycles. The van der Waals surface area contributed by atoms with Crippen LogP contribution in [0.1, 0.15) is 46.3 Å². The molecule has 1 aliphatic rings. The molecule has 2 heterocycles. The van der Waals surface area contributed by atoms with Crippen molar-refractivity contribution >= 4 is 33.0 Å². The number of fused-ring (bicyclic) bond motifs is 1. The van der Waals surface area contributed by atoms with Gasteiger partial charge in [0.15, 0.2) is 0 Å². The molecule has 1 unspecified atom stereocenters. The molecule has 3 aromatic rings. The van der Waals surface area contributed by atoms with Crippen molar-refractivity contribution in [1.29, 1.82) is 0 Å². The fourth-order valence-corrected chi connectivity index (χ4v) is 6.36. The minimum Gasteiger partial charge on any atom is -0.543 e. The summed E-state index contributed by atoms with van der Waals surface area (Å²) in [7, 11) is -4.15. The van der Waals surface area contributed by atoms with Crippen molar-refractivity contribution in [2.75, 3.05) is 10.8 Å². The number of thiazole rings is 1. The van der Waals surface area contributed by atoms with Gasteiger partial charge in [0.2, 0.25) is 4.34 Å². The number of halogens is 1. The summed E-state index contributed by atoms with van der Waals surface area (Å²) in [6.45, 7) is 2.48. The number of carboxylic acid groups (broad SMARTS) is 1. The van der Waals surface area contributed by atoms with Crippen molar-refractivity contribution in [3.63, 3.8) is 0 Å². The van der Waals surface area contributed by atoms with Crippen molar-refractivity contribution in [2.45, 2.75) is 50.2 Å². The third-order valence-electron chi connectivity index (χ3n) is 5.26. The summed E-state index contributed by atoms with van der Waals surface area (Å²) in [5, 5.41) is 12.5. The van der Waals surface area contributed by atoms with Crippen molar-refractivity contribution < 1.29 is 57.0 Å². The third-order valence-corrected chi connectivity index (χ3v) is 8.39. The first-order valence-corrected chi connectivity index (χ1v) is 12.9. The van der Waals surface area contributed by atoms with Crippen LogP contribution in [-0.2, 0) is 29.5 Å². The molecule has 1 atom stereocenters. The molecule has 13 heteroatoms. The number of aryl methyl sites for hydroxylation is 3. The van der Waals surface area contributed by atoms with Gasteiger partial charge in [0.05, 0.1) is 36.3 Å². The van der Waals surface area contributed by atoms with Crippen molar-refractivity contribution in [3.05, 3.63) is 58.1 Å². The predicted octanol–water partition coefficient (Wildman–Crippen LogP) is -0.770. The zero-order valence-electron chi connectivity index (χ0n) is 19.5. The first kappa shape index (κ1) is 27.5. The Balaban J connectivity index is 0.00000342. The second kappa shape index (κ2) is 11.3. The van der Waals surface area contributed by atoms with Gasteiger partial charge in [-0.05, 0) is 56.4 Å². The van der Waals surface area contributed by atoms with Crippen LogP contribution in [0.25, 0.3) is 0 Å². The Morgan fingerprint density at radius 3 is 2.54 bits per heavy atom. The van der Waals surface area contributed by atoms with Crippen LogP contribution < -0.4 is 43.7 Å². The van der Waals surface area contributed by atoms with Gasteiger partial charge in [-0.25, -0.2) is 9.37 Å². The summed E-state index contributed by atoms with van der Waals surface area (Å²) in [6.07, 6.45) is 3.39. The van der Waals surface area contributed by atoms with Gasteiger partial charge < -0.3 is 14.6 Å². The number of aromatic carboxylic acids is 1. The topological polar surface area (TPSA) is 125 Å². The van der Waals surface area contributed by atoms with E-state index in [1.165, 1.54) is 13.1 Å². The number of hydrogen-bond acceptors (Lipinski definition) is 9. The molecule has 0 saturated heterocycles. The van der Waals surface area contributed by atoms with Gasteiger partial charge in [0.1, 0.15) is 24.2 Å². The maximum Gasteiger partial charge on any atom is 1.00 e. The molecule has 1 aliphatic carbocycles. The van der Waals surface area contributed by atoms with Crippen LogP contribution in [0.5, 0.6) is 5.75 Å². The number of ether oxygens (including phenoxy) is 1. The monoisotopic (exact) mass is 528 g/mol. The van der Waals surface area contributed by atoms with Gasteiger partial charge in [-0.3, -0.25) is 14.3 Å². The Morgan fingerprint density at radius 2 is 1.97 bits per heavy atom. The molecule has 0 N–H and O–H groups in total. The standard InChI is InChI=1S/C22H23FN4O5S2.Na/c1-13(23)10-27(34(30,31)22-26-14(2)12-33-22)19-6-15-4-3-5-16(15)7-20(19)32-11-17-8-25-18(9-24-17)21(28)29;/h6-9,12-13H,3-5,10-11H2,1-2H3,(H,28,29);/q;+1/p-1. The van der Waals surface area contributed by atoms with E-state index in [9.17, 15) is 22.7 Å². The number of carbonyl (C=O) groups excluding carboxylic acids is 1. The fourth-order valence-electron chi connectivity index (χ4n) is 3.68. The van der Waals surface area contributed by atoms with E-state index in [-0.39, 0.29) is 57.6 Å². The molecule has 0 spiro atoms. The maximum absolute atomic E-state index is 14.2. The van der Waals surface area contributed by atoms with Gasteiger partial charge in [-0.15, -0.1) is 11.3 Å². The van der Waals surface area contributed by atoms with E-state index in [2.05, 4.69) is 15.0 Å². The number of carbonyl (C=O) groups is 1. The van der Waals surface area contributed by atoms with Crippen LogP contribution in [0.3, 0.4) is 0 Å². The second-order valence-corrected chi connectivity index (χ2v) is 10.9. The van der Waals surface area contributed by atoms with E-state index in [4.69, 9.17) is 4.74 Å². The molecule has 0 fully saturated rings. The van der Waals surface area contributed by atoms with Crippen LogP contribution in [0.15, 0.2) is 34.2 Å². The quantitative estimate of drug-likeness (QED) is 0.332. The van der Waals surface area contributed by atoms with E-state index in [0.29, 0.717) is 11.4 Å². The number of anilines is 1. The molecule has 1 aromatic carbocycles. The van der Waals surface area contributed by atoms with Crippen LogP contribution in [0.4, 0.5) is 10.1 Å². The van der Waals surface area contributed by atoms with E-state index >= 15 is 0 Å². The summed E-state index contributed by atoms with van der Waals surface area (Å²) in [6, 6.07) is 3.52. The largest absolute Gasteiger partial charge is 1.00 e. The Morgan fingerprint density at radius 1 is 1.26 bits per heavy atom. The first-order valence-electron chi connectivity index (χ1n) is 10.5. The summed E-state index contributed by atoms with van der Waals surface area (Å²) >= 11 is 0.976. The third kappa shape index (κ3) is 6.18. The van der Waals surface area contributed by atoms with Gasteiger partial charge >= 0.3 is 29.6 Å². The van der Waals surface area contributed by atoms with Crippen LogP contribution in [0, 0.1) is 6.92 Å². The molecule has 2 aromatic heterocycles. The fraction of sp³-hybridized carbons (Fsp3) is 0.364. The smallest absolute Gasteiger partial charge is 0.543 e. The average Bonchev–Trinajstić information content (AvgIpc) is 3.44. The molecule has 0 bridgehead atoms. The van der Waals surface area contributed by atoms with Crippen molar-refractivity contribution in [1.82, 2.24) is 15.0 Å². The molecular weight excluding hydrogens is 506 g/mol. The number of aromatic nitrogens is 3. The number of rotatable bonds is 9. The molecule has 0 radical (unpaired) electrons. The van der Waals surface area contributed by atoms with Gasteiger partial charge in [-0.2, -0.15) is 8.42 Å². The number of nitrogens with zero attached hydrogens (tertiary/aromatic N) is 4.